The SMILES string of the molecule is CCCN(Cc1cccn1Cc1ccc(C(=O)N2CCOCC2)o1)C(=O)Nc1ccccc1F. The number of ether oxygens (including phenoxy) is 1. The first-order chi connectivity index (χ1) is 16.5. The number of amides is 3. The van der Waals surface area contributed by atoms with Crippen molar-refractivity contribution in [1.29, 1.82) is 0 Å². The van der Waals surface area contributed by atoms with Gasteiger partial charge in [-0.25, -0.2) is 9.18 Å². The predicted octanol–water partition coefficient (Wildman–Crippen LogP) is 4.19. The largest absolute Gasteiger partial charge is 0.454 e. The number of nitrogens with one attached hydrogen (secondary N) is 1. The fraction of sp³-hybridized carbons (Fsp3) is 0.360. The Labute approximate surface area is 197 Å². The van der Waals surface area contributed by atoms with E-state index in [-0.39, 0.29) is 17.6 Å². The van der Waals surface area contributed by atoms with Crippen LogP contribution in [0.3, 0.4) is 0 Å². The van der Waals surface area contributed by atoms with Crippen LogP contribution in [0.25, 0.3) is 0 Å². The molecule has 1 aliphatic heterocycles. The molecular formula is C25H29FN4O4. The number of benzene rings is 1. The Kier molecular flexibility index (Phi) is 7.64. The van der Waals surface area contributed by atoms with Gasteiger partial charge in [0.25, 0.3) is 5.91 Å². The Bertz CT molecular complexity index is 1120. The van der Waals surface area contributed by atoms with Crippen LogP contribution < -0.4 is 5.32 Å². The smallest absolute Gasteiger partial charge is 0.322 e. The van der Waals surface area contributed by atoms with Crippen molar-refractivity contribution in [1.82, 2.24) is 14.4 Å². The van der Waals surface area contributed by atoms with E-state index in [0.29, 0.717) is 57.5 Å². The van der Waals surface area contributed by atoms with Crippen molar-refractivity contribution in [2.45, 2.75) is 26.4 Å². The van der Waals surface area contributed by atoms with Gasteiger partial charge in [-0.1, -0.05) is 19.1 Å². The lowest BCUT2D eigenvalue weighted by Gasteiger charge is -2.25. The van der Waals surface area contributed by atoms with E-state index >= 15 is 0 Å². The van der Waals surface area contributed by atoms with Gasteiger partial charge in [0.05, 0.1) is 32.0 Å². The van der Waals surface area contributed by atoms with Gasteiger partial charge in [0.2, 0.25) is 0 Å². The van der Waals surface area contributed by atoms with E-state index in [9.17, 15) is 14.0 Å². The van der Waals surface area contributed by atoms with Crippen molar-refractivity contribution in [3.63, 3.8) is 0 Å². The number of furan rings is 1. The fourth-order valence-electron chi connectivity index (χ4n) is 3.89. The number of carbonyl (C=O) groups excluding carboxylic acids is 2. The Morgan fingerprint density at radius 1 is 1.09 bits per heavy atom. The zero-order chi connectivity index (χ0) is 23.9. The number of halogens is 1. The normalized spacial score (nSPS) is 13.6. The average molecular weight is 469 g/mol. The molecule has 0 bridgehead atoms. The molecule has 9 heteroatoms. The van der Waals surface area contributed by atoms with Gasteiger partial charge in [0.15, 0.2) is 5.76 Å². The number of aromatic nitrogens is 1. The molecule has 34 heavy (non-hydrogen) atoms. The molecule has 2 aromatic heterocycles. The highest BCUT2D eigenvalue weighted by Gasteiger charge is 2.22. The van der Waals surface area contributed by atoms with Crippen molar-refractivity contribution in [3.8, 4) is 0 Å². The molecule has 4 rings (SSSR count). The first-order valence-electron chi connectivity index (χ1n) is 11.5. The lowest BCUT2D eigenvalue weighted by Crippen LogP contribution is -2.40. The van der Waals surface area contributed by atoms with Crippen LogP contribution in [0.1, 0.15) is 35.4 Å². The highest BCUT2D eigenvalue weighted by atomic mass is 19.1. The van der Waals surface area contributed by atoms with Gasteiger partial charge in [0.1, 0.15) is 11.6 Å². The topological polar surface area (TPSA) is 80.0 Å². The second-order valence-electron chi connectivity index (χ2n) is 8.13. The second kappa shape index (κ2) is 11.0. The molecule has 0 saturated carbocycles. The molecule has 0 atom stereocenters. The molecule has 1 aliphatic rings. The summed E-state index contributed by atoms with van der Waals surface area (Å²) >= 11 is 0. The number of anilines is 1. The monoisotopic (exact) mass is 468 g/mol. The van der Waals surface area contributed by atoms with E-state index < -0.39 is 5.82 Å². The molecule has 0 radical (unpaired) electrons. The van der Waals surface area contributed by atoms with Crippen LogP contribution in [0.15, 0.2) is 59.1 Å². The number of urea groups is 1. The number of hydrogen-bond donors (Lipinski definition) is 1. The molecule has 180 valence electrons. The van der Waals surface area contributed by atoms with E-state index in [4.69, 9.17) is 9.15 Å². The summed E-state index contributed by atoms with van der Waals surface area (Å²) in [6.45, 7) is 5.45. The highest BCUT2D eigenvalue weighted by Crippen LogP contribution is 2.17. The molecule has 3 aromatic rings. The van der Waals surface area contributed by atoms with Crippen LogP contribution in [0, 0.1) is 5.82 Å². The molecule has 0 spiro atoms. The van der Waals surface area contributed by atoms with Crippen LogP contribution in [-0.4, -0.2) is 59.2 Å². The summed E-state index contributed by atoms with van der Waals surface area (Å²) < 4.78 is 27.1. The van der Waals surface area contributed by atoms with Gasteiger partial charge in [-0.15, -0.1) is 0 Å². The highest BCUT2D eigenvalue weighted by molar-refractivity contribution is 5.91. The van der Waals surface area contributed by atoms with Crippen molar-refractivity contribution in [2.75, 3.05) is 38.2 Å². The number of nitrogens with zero attached hydrogens (tertiary/aromatic N) is 3. The number of rotatable bonds is 8. The van der Waals surface area contributed by atoms with Crippen LogP contribution in [0.5, 0.6) is 0 Å². The molecule has 1 N–H and O–H groups in total. The van der Waals surface area contributed by atoms with Crippen LogP contribution in [-0.2, 0) is 17.8 Å². The molecule has 1 fully saturated rings. The van der Waals surface area contributed by atoms with E-state index in [1.165, 1.54) is 12.1 Å². The minimum Gasteiger partial charge on any atom is -0.454 e. The summed E-state index contributed by atoms with van der Waals surface area (Å²) in [6.07, 6.45) is 2.66. The van der Waals surface area contributed by atoms with Gasteiger partial charge < -0.3 is 28.8 Å². The lowest BCUT2D eigenvalue weighted by atomic mass is 10.3. The third-order valence-electron chi connectivity index (χ3n) is 5.67. The van der Waals surface area contributed by atoms with Crippen LogP contribution in [0.4, 0.5) is 14.9 Å². The first-order valence-corrected chi connectivity index (χ1v) is 11.5. The molecule has 3 amide bonds. The molecule has 1 aromatic carbocycles. The Morgan fingerprint density at radius 3 is 2.65 bits per heavy atom. The zero-order valence-electron chi connectivity index (χ0n) is 19.2. The summed E-state index contributed by atoms with van der Waals surface area (Å²) in [4.78, 5) is 28.9. The third-order valence-corrected chi connectivity index (χ3v) is 5.67. The van der Waals surface area contributed by atoms with Crippen molar-refractivity contribution in [3.05, 3.63) is 77.8 Å². The summed E-state index contributed by atoms with van der Waals surface area (Å²) in [5.41, 5.74) is 1.05. The maximum absolute atomic E-state index is 14.0. The summed E-state index contributed by atoms with van der Waals surface area (Å²) in [7, 11) is 0. The lowest BCUT2D eigenvalue weighted by molar-refractivity contribution is 0.0281. The van der Waals surface area contributed by atoms with E-state index in [1.807, 2.05) is 29.8 Å². The quantitative estimate of drug-likeness (QED) is 0.538. The van der Waals surface area contributed by atoms with E-state index in [1.54, 1.807) is 34.1 Å². The zero-order valence-corrected chi connectivity index (χ0v) is 19.2. The molecule has 3 heterocycles. The number of para-hydroxylation sites is 1. The summed E-state index contributed by atoms with van der Waals surface area (Å²) in [5, 5.41) is 2.66. The minimum atomic E-state index is -0.476. The third kappa shape index (κ3) is 5.66. The van der Waals surface area contributed by atoms with Crippen molar-refractivity contribution >= 4 is 17.6 Å². The maximum Gasteiger partial charge on any atom is 0.322 e. The molecule has 1 saturated heterocycles. The standard InChI is InChI=1S/C25H29FN4O4/c1-2-11-30(25(32)27-22-8-4-3-7-21(22)26)17-19-6-5-12-29(19)18-20-9-10-23(34-20)24(31)28-13-15-33-16-14-28/h3-10,12H,2,11,13-18H2,1H3,(H,27,32). The Hall–Kier alpha value is -3.59. The van der Waals surface area contributed by atoms with Gasteiger partial charge >= 0.3 is 6.03 Å². The van der Waals surface area contributed by atoms with E-state index in [2.05, 4.69) is 5.32 Å². The molecule has 0 unspecified atom stereocenters. The van der Waals surface area contributed by atoms with Crippen molar-refractivity contribution < 1.29 is 23.1 Å². The molecule has 0 aliphatic carbocycles. The second-order valence-corrected chi connectivity index (χ2v) is 8.13. The van der Waals surface area contributed by atoms with Gasteiger partial charge in [0, 0.05) is 31.5 Å². The summed E-state index contributed by atoms with van der Waals surface area (Å²) in [6, 6.07) is 13.1. The van der Waals surface area contributed by atoms with Gasteiger partial charge in [-0.05, 0) is 42.8 Å². The van der Waals surface area contributed by atoms with Crippen molar-refractivity contribution in [2.24, 2.45) is 0 Å². The first kappa shape index (κ1) is 23.6. The van der Waals surface area contributed by atoms with E-state index in [0.717, 1.165) is 12.1 Å². The van der Waals surface area contributed by atoms with Crippen LogP contribution in [0.2, 0.25) is 0 Å². The number of carbonyl (C=O) groups is 2. The maximum atomic E-state index is 14.0. The fourth-order valence-corrected chi connectivity index (χ4v) is 3.89. The molecular weight excluding hydrogens is 439 g/mol. The minimum absolute atomic E-state index is 0.138. The summed E-state index contributed by atoms with van der Waals surface area (Å²) in [5.74, 6) is 0.339. The molecule has 8 nitrogen and oxygen atoms in total. The Morgan fingerprint density at radius 2 is 1.88 bits per heavy atom. The van der Waals surface area contributed by atoms with Gasteiger partial charge in [-0.2, -0.15) is 0 Å². The predicted molar refractivity (Wildman–Crippen MR) is 125 cm³/mol. The average Bonchev–Trinajstić information content (AvgIpc) is 3.50. The van der Waals surface area contributed by atoms with Crippen LogP contribution >= 0.6 is 0 Å². The Balaban J connectivity index is 1.42. The number of morpholine rings is 1. The van der Waals surface area contributed by atoms with Gasteiger partial charge in [-0.3, -0.25) is 4.79 Å². The number of hydrogen-bond acceptors (Lipinski definition) is 4.